The van der Waals surface area contributed by atoms with E-state index in [1.165, 1.54) is 18.2 Å². The molecule has 9 heteroatoms. The maximum Gasteiger partial charge on any atom is 0.416 e. The van der Waals surface area contributed by atoms with Crippen LogP contribution in [0, 0.1) is 6.92 Å². The third kappa shape index (κ3) is 5.30. The smallest absolute Gasteiger partial charge is 0.325 e. The van der Waals surface area contributed by atoms with Gasteiger partial charge in [-0.25, -0.2) is 13.1 Å². The lowest BCUT2D eigenvalue weighted by Crippen LogP contribution is -2.33. The molecule has 0 radical (unpaired) electrons. The standard InChI is InChI=1S/C16H15F3N2O3S/c1-11-4-2-7-14(8-11)25(23,24)20-10-15(22)21-13-6-3-5-12(9-13)16(17,18)19/h2-9,20H,10H2,1H3,(H,21,22). The lowest BCUT2D eigenvalue weighted by Gasteiger charge is -2.11. The van der Waals surface area contributed by atoms with Gasteiger partial charge >= 0.3 is 6.18 Å². The lowest BCUT2D eigenvalue weighted by molar-refractivity contribution is -0.137. The molecule has 0 heterocycles. The van der Waals surface area contributed by atoms with Gasteiger partial charge < -0.3 is 5.32 Å². The number of hydrogen-bond donors (Lipinski definition) is 2. The number of anilines is 1. The van der Waals surface area contributed by atoms with E-state index in [2.05, 4.69) is 10.0 Å². The van der Waals surface area contributed by atoms with Crippen LogP contribution >= 0.6 is 0 Å². The summed E-state index contributed by atoms with van der Waals surface area (Å²) in [7, 11) is -3.89. The fraction of sp³-hybridized carbons (Fsp3) is 0.188. The van der Waals surface area contributed by atoms with E-state index in [1.54, 1.807) is 19.1 Å². The summed E-state index contributed by atoms with van der Waals surface area (Å²) in [6, 6.07) is 10.2. The molecule has 0 aliphatic heterocycles. The van der Waals surface area contributed by atoms with Gasteiger partial charge in [0.2, 0.25) is 15.9 Å². The highest BCUT2D eigenvalue weighted by molar-refractivity contribution is 7.89. The number of carbonyl (C=O) groups excluding carboxylic acids is 1. The van der Waals surface area contributed by atoms with Gasteiger partial charge in [-0.05, 0) is 42.8 Å². The van der Waals surface area contributed by atoms with Crippen molar-refractivity contribution < 1.29 is 26.4 Å². The summed E-state index contributed by atoms with van der Waals surface area (Å²) in [6.07, 6.45) is -4.53. The second-order valence-electron chi connectivity index (χ2n) is 5.27. The number of sulfonamides is 1. The minimum atomic E-state index is -4.53. The van der Waals surface area contributed by atoms with Gasteiger partial charge in [0.1, 0.15) is 0 Å². The van der Waals surface area contributed by atoms with Crippen molar-refractivity contribution in [2.75, 3.05) is 11.9 Å². The Kier molecular flexibility index (Phi) is 5.48. The average Bonchev–Trinajstić information content (AvgIpc) is 2.52. The highest BCUT2D eigenvalue weighted by Gasteiger charge is 2.30. The molecule has 2 aromatic rings. The van der Waals surface area contributed by atoms with Crippen molar-refractivity contribution in [1.29, 1.82) is 0 Å². The number of rotatable bonds is 5. The monoisotopic (exact) mass is 372 g/mol. The van der Waals surface area contributed by atoms with E-state index in [-0.39, 0.29) is 10.6 Å². The number of halogens is 3. The van der Waals surface area contributed by atoms with Crippen molar-refractivity contribution in [1.82, 2.24) is 4.72 Å². The zero-order valence-electron chi connectivity index (χ0n) is 13.1. The molecule has 0 spiro atoms. The van der Waals surface area contributed by atoms with Gasteiger partial charge in [0.15, 0.2) is 0 Å². The highest BCUT2D eigenvalue weighted by atomic mass is 32.2. The van der Waals surface area contributed by atoms with Crippen LogP contribution in [0.4, 0.5) is 18.9 Å². The van der Waals surface area contributed by atoms with Crippen LogP contribution in [0.15, 0.2) is 53.4 Å². The van der Waals surface area contributed by atoms with Crippen LogP contribution in [-0.2, 0) is 21.0 Å². The van der Waals surface area contributed by atoms with Crippen LogP contribution < -0.4 is 10.0 Å². The van der Waals surface area contributed by atoms with E-state index in [0.29, 0.717) is 0 Å². The first-order valence-corrected chi connectivity index (χ1v) is 8.60. The summed E-state index contributed by atoms with van der Waals surface area (Å²) in [6.45, 7) is 1.12. The van der Waals surface area contributed by atoms with Crippen LogP contribution in [0.5, 0.6) is 0 Å². The normalized spacial score (nSPS) is 12.0. The minimum absolute atomic E-state index is 0.000584. The zero-order chi connectivity index (χ0) is 18.7. The molecule has 2 rings (SSSR count). The molecule has 2 N–H and O–H groups in total. The van der Waals surface area contributed by atoms with Crippen molar-refractivity contribution >= 4 is 21.6 Å². The average molecular weight is 372 g/mol. The van der Waals surface area contributed by atoms with Gasteiger partial charge in [0, 0.05) is 5.69 Å². The summed E-state index contributed by atoms with van der Waals surface area (Å²) in [5, 5.41) is 2.22. The molecule has 0 bridgehead atoms. The first-order valence-electron chi connectivity index (χ1n) is 7.11. The first-order chi connectivity index (χ1) is 11.6. The molecule has 5 nitrogen and oxygen atoms in total. The van der Waals surface area contributed by atoms with E-state index >= 15 is 0 Å². The van der Waals surface area contributed by atoms with Crippen LogP contribution in [0.2, 0.25) is 0 Å². The maximum absolute atomic E-state index is 12.6. The molecule has 134 valence electrons. The predicted octanol–water partition coefficient (Wildman–Crippen LogP) is 2.93. The predicted molar refractivity (Wildman–Crippen MR) is 86.4 cm³/mol. The van der Waals surface area contributed by atoms with E-state index in [4.69, 9.17) is 0 Å². The second kappa shape index (κ2) is 7.24. The SMILES string of the molecule is Cc1cccc(S(=O)(=O)NCC(=O)Nc2cccc(C(F)(F)F)c2)c1. The Morgan fingerprint density at radius 2 is 1.76 bits per heavy atom. The third-order valence-electron chi connectivity index (χ3n) is 3.20. The molecule has 2 aromatic carbocycles. The molecule has 0 saturated heterocycles. The van der Waals surface area contributed by atoms with Gasteiger partial charge in [-0.1, -0.05) is 18.2 Å². The maximum atomic E-state index is 12.6. The summed E-state index contributed by atoms with van der Waals surface area (Å²) < 4.78 is 64.2. The first kappa shape index (κ1) is 18.9. The van der Waals surface area contributed by atoms with E-state index in [1.807, 2.05) is 0 Å². The summed E-state index contributed by atoms with van der Waals surface area (Å²) in [4.78, 5) is 11.8. The lowest BCUT2D eigenvalue weighted by atomic mass is 10.2. The van der Waals surface area contributed by atoms with Gasteiger partial charge in [0.05, 0.1) is 17.0 Å². The quantitative estimate of drug-likeness (QED) is 0.847. The Morgan fingerprint density at radius 3 is 2.40 bits per heavy atom. The Balaban J connectivity index is 2.01. The fourth-order valence-corrected chi connectivity index (χ4v) is 3.09. The molecule has 0 aliphatic carbocycles. The van der Waals surface area contributed by atoms with E-state index in [9.17, 15) is 26.4 Å². The molecule has 0 fully saturated rings. The highest BCUT2D eigenvalue weighted by Crippen LogP contribution is 2.30. The molecule has 0 saturated carbocycles. The van der Waals surface area contributed by atoms with Gasteiger partial charge in [-0.3, -0.25) is 4.79 Å². The summed E-state index contributed by atoms with van der Waals surface area (Å²) in [5.41, 5.74) is -0.253. The number of benzene rings is 2. The molecule has 25 heavy (non-hydrogen) atoms. The van der Waals surface area contributed by atoms with Crippen LogP contribution in [0.25, 0.3) is 0 Å². The number of alkyl halides is 3. The number of amides is 1. The molecule has 0 aromatic heterocycles. The van der Waals surface area contributed by atoms with Crippen molar-refractivity contribution in [3.8, 4) is 0 Å². The molecular weight excluding hydrogens is 357 g/mol. The van der Waals surface area contributed by atoms with Crippen molar-refractivity contribution in [3.63, 3.8) is 0 Å². The van der Waals surface area contributed by atoms with Crippen molar-refractivity contribution in [3.05, 3.63) is 59.7 Å². The number of nitrogens with one attached hydrogen (secondary N) is 2. The number of hydrogen-bond acceptors (Lipinski definition) is 3. The van der Waals surface area contributed by atoms with Crippen LogP contribution in [0.1, 0.15) is 11.1 Å². The molecule has 0 aliphatic rings. The summed E-state index contributed by atoms with van der Waals surface area (Å²) >= 11 is 0. The second-order valence-corrected chi connectivity index (χ2v) is 7.03. The van der Waals surface area contributed by atoms with E-state index in [0.717, 1.165) is 23.8 Å². The third-order valence-corrected chi connectivity index (χ3v) is 4.60. The Labute approximate surface area is 142 Å². The van der Waals surface area contributed by atoms with Crippen molar-refractivity contribution in [2.24, 2.45) is 0 Å². The Bertz CT molecular complexity index is 880. The molecule has 1 amide bonds. The fourth-order valence-electron chi connectivity index (χ4n) is 2.00. The van der Waals surface area contributed by atoms with Gasteiger partial charge in [0.25, 0.3) is 0 Å². The van der Waals surface area contributed by atoms with Crippen LogP contribution in [0.3, 0.4) is 0 Å². The molecule has 0 unspecified atom stereocenters. The molecular formula is C16H15F3N2O3S. The number of aryl methyl sites for hydroxylation is 1. The Morgan fingerprint density at radius 1 is 1.08 bits per heavy atom. The van der Waals surface area contributed by atoms with Crippen LogP contribution in [-0.4, -0.2) is 20.9 Å². The van der Waals surface area contributed by atoms with Crippen molar-refractivity contribution in [2.45, 2.75) is 18.0 Å². The zero-order valence-corrected chi connectivity index (χ0v) is 13.9. The largest absolute Gasteiger partial charge is 0.416 e. The van der Waals surface area contributed by atoms with Gasteiger partial charge in [-0.2, -0.15) is 13.2 Å². The van der Waals surface area contributed by atoms with Gasteiger partial charge in [-0.15, -0.1) is 0 Å². The topological polar surface area (TPSA) is 75.3 Å². The van der Waals surface area contributed by atoms with E-state index < -0.39 is 34.2 Å². The number of carbonyl (C=O) groups is 1. The summed E-state index contributed by atoms with van der Waals surface area (Å²) in [5.74, 6) is -0.782. The minimum Gasteiger partial charge on any atom is -0.325 e. The molecule has 0 atom stereocenters. The Hall–Kier alpha value is -2.39.